The van der Waals surface area contributed by atoms with E-state index < -0.39 is 0 Å². The molecule has 0 bridgehead atoms. The van der Waals surface area contributed by atoms with Gasteiger partial charge in [0.2, 0.25) is 5.91 Å². The van der Waals surface area contributed by atoms with Crippen molar-refractivity contribution in [1.82, 2.24) is 14.7 Å². The number of rotatable bonds is 6. The van der Waals surface area contributed by atoms with Gasteiger partial charge < -0.3 is 9.80 Å². The van der Waals surface area contributed by atoms with E-state index in [0.717, 1.165) is 32.7 Å². The Bertz CT molecular complexity index is 922. The van der Waals surface area contributed by atoms with Gasteiger partial charge in [0, 0.05) is 65.0 Å². The molecule has 2 fully saturated rings. The largest absolute Gasteiger partial charge is 0.363 e. The molecule has 1 amide bonds. The van der Waals surface area contributed by atoms with Crippen LogP contribution in [0.4, 0.5) is 11.4 Å². The minimum Gasteiger partial charge on any atom is -0.363 e. The Morgan fingerprint density at radius 3 is 2.19 bits per heavy atom. The van der Waals surface area contributed by atoms with Crippen LogP contribution in [-0.4, -0.2) is 83.9 Å². The second-order valence-electron chi connectivity index (χ2n) is 8.53. The normalized spacial score (nSPS) is 19.0. The smallest absolute Gasteiger partial charge is 0.292 e. The van der Waals surface area contributed by atoms with E-state index in [1.165, 1.54) is 5.56 Å². The van der Waals surface area contributed by atoms with Gasteiger partial charge in [-0.05, 0) is 18.6 Å². The molecule has 2 saturated heterocycles. The molecule has 2 aromatic rings. The fourth-order valence-corrected chi connectivity index (χ4v) is 4.62. The van der Waals surface area contributed by atoms with Crippen LogP contribution in [0.5, 0.6) is 0 Å². The lowest BCUT2D eigenvalue weighted by Gasteiger charge is -2.41. The number of para-hydroxylation sites is 2. The van der Waals surface area contributed by atoms with Crippen molar-refractivity contribution in [1.29, 1.82) is 0 Å². The van der Waals surface area contributed by atoms with Gasteiger partial charge in [-0.3, -0.25) is 24.7 Å². The maximum absolute atomic E-state index is 13.1. The molecule has 8 nitrogen and oxygen atoms in total. The predicted octanol–water partition coefficient (Wildman–Crippen LogP) is 2.45. The minimum atomic E-state index is -0.328. The molecular weight excluding hydrogens is 406 g/mol. The van der Waals surface area contributed by atoms with E-state index in [9.17, 15) is 14.9 Å². The zero-order valence-corrected chi connectivity index (χ0v) is 18.6. The zero-order chi connectivity index (χ0) is 22.5. The number of amides is 1. The number of hydrogen-bond acceptors (Lipinski definition) is 6. The van der Waals surface area contributed by atoms with Crippen LogP contribution in [0.3, 0.4) is 0 Å². The Balaban J connectivity index is 1.27. The Labute approximate surface area is 189 Å². The molecule has 8 heteroatoms. The van der Waals surface area contributed by atoms with Gasteiger partial charge in [-0.1, -0.05) is 42.5 Å². The fourth-order valence-electron chi connectivity index (χ4n) is 4.62. The first-order valence-corrected chi connectivity index (χ1v) is 11.3. The van der Waals surface area contributed by atoms with Gasteiger partial charge >= 0.3 is 0 Å². The number of hydrogen-bond donors (Lipinski definition) is 0. The molecule has 0 N–H and O–H groups in total. The maximum Gasteiger partial charge on any atom is 0.292 e. The van der Waals surface area contributed by atoms with E-state index in [4.69, 9.17) is 0 Å². The summed E-state index contributed by atoms with van der Waals surface area (Å²) in [4.78, 5) is 32.8. The van der Waals surface area contributed by atoms with Crippen LogP contribution in [0, 0.1) is 10.1 Å². The standard InChI is InChI=1S/C24H31N5O3/c1-20(24(30)28-13-11-25(12-14-28)19-21-7-3-2-4-8-21)26-15-17-27(18-16-26)22-9-5-6-10-23(22)29(31)32/h2-10,20H,11-19H2,1H3. The third kappa shape index (κ3) is 5.08. The summed E-state index contributed by atoms with van der Waals surface area (Å²) in [6.07, 6.45) is 0. The van der Waals surface area contributed by atoms with Gasteiger partial charge in [0.05, 0.1) is 11.0 Å². The number of nitro benzene ring substituents is 1. The third-order valence-corrected chi connectivity index (χ3v) is 6.57. The van der Waals surface area contributed by atoms with Crippen molar-refractivity contribution in [2.45, 2.75) is 19.5 Å². The van der Waals surface area contributed by atoms with Crippen LogP contribution in [-0.2, 0) is 11.3 Å². The molecule has 0 aromatic heterocycles. The molecule has 1 atom stereocenters. The molecule has 32 heavy (non-hydrogen) atoms. The molecule has 2 heterocycles. The van der Waals surface area contributed by atoms with E-state index in [1.54, 1.807) is 18.2 Å². The summed E-state index contributed by atoms with van der Waals surface area (Å²) in [7, 11) is 0. The second-order valence-corrected chi connectivity index (χ2v) is 8.53. The number of carbonyl (C=O) groups excluding carboxylic acids is 1. The highest BCUT2D eigenvalue weighted by Gasteiger charge is 2.31. The summed E-state index contributed by atoms with van der Waals surface area (Å²) in [6.45, 7) is 8.97. The van der Waals surface area contributed by atoms with Gasteiger partial charge in [0.25, 0.3) is 5.69 Å². The lowest BCUT2D eigenvalue weighted by atomic mass is 10.1. The SMILES string of the molecule is CC(C(=O)N1CCN(Cc2ccccc2)CC1)N1CCN(c2ccccc2[N+](=O)[O-])CC1. The van der Waals surface area contributed by atoms with Gasteiger partial charge in [-0.15, -0.1) is 0 Å². The van der Waals surface area contributed by atoms with Crippen LogP contribution in [0.1, 0.15) is 12.5 Å². The molecule has 0 saturated carbocycles. The monoisotopic (exact) mass is 437 g/mol. The lowest BCUT2D eigenvalue weighted by Crippen LogP contribution is -2.57. The van der Waals surface area contributed by atoms with Gasteiger partial charge in [0.15, 0.2) is 0 Å². The molecule has 2 aromatic carbocycles. The first-order chi connectivity index (χ1) is 15.5. The van der Waals surface area contributed by atoms with E-state index in [1.807, 2.05) is 28.9 Å². The van der Waals surface area contributed by atoms with Crippen molar-refractivity contribution < 1.29 is 9.72 Å². The van der Waals surface area contributed by atoms with Crippen LogP contribution in [0.2, 0.25) is 0 Å². The van der Waals surface area contributed by atoms with Crippen molar-refractivity contribution in [3.63, 3.8) is 0 Å². The number of carbonyl (C=O) groups is 1. The number of nitrogens with zero attached hydrogens (tertiary/aromatic N) is 5. The predicted molar refractivity (Wildman–Crippen MR) is 125 cm³/mol. The summed E-state index contributed by atoms with van der Waals surface area (Å²) in [5.41, 5.74) is 2.10. The molecule has 170 valence electrons. The van der Waals surface area contributed by atoms with Crippen molar-refractivity contribution in [2.24, 2.45) is 0 Å². The van der Waals surface area contributed by atoms with E-state index in [-0.39, 0.29) is 22.6 Å². The molecule has 0 radical (unpaired) electrons. The van der Waals surface area contributed by atoms with E-state index in [2.05, 4.69) is 34.1 Å². The third-order valence-electron chi connectivity index (χ3n) is 6.57. The summed E-state index contributed by atoms with van der Waals surface area (Å²) < 4.78 is 0. The van der Waals surface area contributed by atoms with E-state index >= 15 is 0 Å². The second kappa shape index (κ2) is 10.1. The van der Waals surface area contributed by atoms with Crippen LogP contribution in [0.15, 0.2) is 54.6 Å². The van der Waals surface area contributed by atoms with Crippen molar-refractivity contribution in [2.75, 3.05) is 57.3 Å². The number of benzene rings is 2. The number of anilines is 1. The average molecular weight is 438 g/mol. The summed E-state index contributed by atoms with van der Waals surface area (Å²) in [6, 6.07) is 17.1. The quantitative estimate of drug-likeness (QED) is 0.511. The minimum absolute atomic E-state index is 0.137. The first-order valence-electron chi connectivity index (χ1n) is 11.3. The lowest BCUT2D eigenvalue weighted by molar-refractivity contribution is -0.384. The van der Waals surface area contributed by atoms with Gasteiger partial charge in [-0.25, -0.2) is 0 Å². The Morgan fingerprint density at radius 1 is 0.906 bits per heavy atom. The average Bonchev–Trinajstić information content (AvgIpc) is 2.84. The summed E-state index contributed by atoms with van der Waals surface area (Å²) >= 11 is 0. The van der Waals surface area contributed by atoms with Crippen LogP contribution < -0.4 is 4.90 Å². The Hall–Kier alpha value is -2.97. The molecule has 0 spiro atoms. The highest BCUT2D eigenvalue weighted by atomic mass is 16.6. The molecule has 4 rings (SSSR count). The highest BCUT2D eigenvalue weighted by molar-refractivity contribution is 5.81. The Kier molecular flexibility index (Phi) is 7.02. The van der Waals surface area contributed by atoms with Crippen molar-refractivity contribution >= 4 is 17.3 Å². The number of piperazine rings is 2. The van der Waals surface area contributed by atoms with Crippen molar-refractivity contribution in [3.05, 3.63) is 70.3 Å². The first kappa shape index (κ1) is 22.2. The van der Waals surface area contributed by atoms with Gasteiger partial charge in [0.1, 0.15) is 5.69 Å². The molecular formula is C24H31N5O3. The zero-order valence-electron chi connectivity index (χ0n) is 18.6. The van der Waals surface area contributed by atoms with Crippen molar-refractivity contribution in [3.8, 4) is 0 Å². The van der Waals surface area contributed by atoms with Gasteiger partial charge in [-0.2, -0.15) is 0 Å². The summed E-state index contributed by atoms with van der Waals surface area (Å²) in [5, 5.41) is 11.3. The molecule has 0 aliphatic carbocycles. The molecule has 2 aliphatic heterocycles. The topological polar surface area (TPSA) is 73.2 Å². The maximum atomic E-state index is 13.1. The Morgan fingerprint density at radius 2 is 1.53 bits per heavy atom. The van der Waals surface area contributed by atoms with Crippen LogP contribution in [0.25, 0.3) is 0 Å². The highest BCUT2D eigenvalue weighted by Crippen LogP contribution is 2.28. The summed E-state index contributed by atoms with van der Waals surface area (Å²) in [5.74, 6) is 0.184. The van der Waals surface area contributed by atoms with Crippen LogP contribution >= 0.6 is 0 Å². The number of nitro groups is 1. The van der Waals surface area contributed by atoms with E-state index in [0.29, 0.717) is 31.9 Å². The molecule has 1 unspecified atom stereocenters. The fraction of sp³-hybridized carbons (Fsp3) is 0.458. The molecule has 2 aliphatic rings.